The highest BCUT2D eigenvalue weighted by Gasteiger charge is 2.37. The van der Waals surface area contributed by atoms with Crippen LogP contribution in [0, 0.1) is 36.0 Å². The predicted octanol–water partition coefficient (Wildman–Crippen LogP) is 5.41. The number of amides is 1. The van der Waals surface area contributed by atoms with E-state index in [4.69, 9.17) is 27.1 Å². The Morgan fingerprint density at radius 3 is 2.54 bits per heavy atom. The van der Waals surface area contributed by atoms with Crippen molar-refractivity contribution in [3.8, 4) is 12.3 Å². The molecule has 220 valence electrons. The van der Waals surface area contributed by atoms with Gasteiger partial charge >= 0.3 is 6.09 Å². The number of rotatable bonds is 7. The quantitative estimate of drug-likeness (QED) is 0.232. The molecule has 1 amide bonds. The van der Waals surface area contributed by atoms with Gasteiger partial charge in [0, 0.05) is 31.1 Å². The number of hydrogen-bond donors (Lipinski definition) is 3. The molecule has 10 nitrogen and oxygen atoms in total. The maximum atomic E-state index is 11.3. The fourth-order valence-corrected chi connectivity index (χ4v) is 7.70. The highest BCUT2D eigenvalue weighted by Crippen LogP contribution is 2.41. The van der Waals surface area contributed by atoms with Gasteiger partial charge in [0.1, 0.15) is 5.52 Å². The lowest BCUT2D eigenvalue weighted by atomic mass is 9.78. The van der Waals surface area contributed by atoms with E-state index in [0.29, 0.717) is 41.2 Å². The van der Waals surface area contributed by atoms with Gasteiger partial charge in [-0.15, -0.1) is 12.3 Å². The Bertz CT molecular complexity index is 1330. The van der Waals surface area contributed by atoms with Gasteiger partial charge in [-0.1, -0.05) is 19.3 Å². The summed E-state index contributed by atoms with van der Waals surface area (Å²) in [6.45, 7) is 4.02. The maximum absolute atomic E-state index is 11.3. The SMILES string of the molecule is C#CC1CCC(Cn2c(N3CCCC4CCCC[C@H]43)nc3nc(/C(N)=N/C(=O)O)nc(N[C@H](C)C4CCC4)c32)CC1. The van der Waals surface area contributed by atoms with Gasteiger partial charge in [-0.05, 0) is 88.9 Å². The molecular formula is C31H44N8O2. The lowest BCUT2D eigenvalue weighted by molar-refractivity contribution is 0.205. The van der Waals surface area contributed by atoms with E-state index in [1.165, 1.54) is 51.4 Å². The van der Waals surface area contributed by atoms with Crippen LogP contribution in [0.3, 0.4) is 0 Å². The van der Waals surface area contributed by atoms with Crippen LogP contribution in [0.2, 0.25) is 0 Å². The topological polar surface area (TPSA) is 135 Å². The molecule has 41 heavy (non-hydrogen) atoms. The summed E-state index contributed by atoms with van der Waals surface area (Å²) < 4.78 is 2.37. The lowest BCUT2D eigenvalue weighted by Gasteiger charge is -2.45. The van der Waals surface area contributed by atoms with Gasteiger partial charge in [0.2, 0.25) is 5.95 Å². The number of aliphatic imine (C=N–C) groups is 1. The number of imidazole rings is 1. The van der Waals surface area contributed by atoms with Crippen LogP contribution in [0.1, 0.15) is 96.2 Å². The number of nitrogens with two attached hydrogens (primary N) is 1. The Morgan fingerprint density at radius 2 is 1.83 bits per heavy atom. The summed E-state index contributed by atoms with van der Waals surface area (Å²) in [5.41, 5.74) is 7.52. The van der Waals surface area contributed by atoms with Gasteiger partial charge in [0.15, 0.2) is 23.1 Å². The van der Waals surface area contributed by atoms with Crippen LogP contribution >= 0.6 is 0 Å². The first kappa shape index (κ1) is 27.8. The lowest BCUT2D eigenvalue weighted by Crippen LogP contribution is -2.48. The van der Waals surface area contributed by atoms with Gasteiger partial charge in [0.25, 0.3) is 0 Å². The zero-order valence-electron chi connectivity index (χ0n) is 24.3. The molecule has 2 aromatic rings. The van der Waals surface area contributed by atoms with Crippen LogP contribution in [0.25, 0.3) is 11.2 Å². The van der Waals surface area contributed by atoms with E-state index < -0.39 is 6.09 Å². The number of carboxylic acid groups (broad SMARTS) is 1. The van der Waals surface area contributed by atoms with Crippen LogP contribution < -0.4 is 16.0 Å². The predicted molar refractivity (Wildman–Crippen MR) is 161 cm³/mol. The van der Waals surface area contributed by atoms with E-state index in [2.05, 4.69) is 32.6 Å². The second kappa shape index (κ2) is 11.9. The largest absolute Gasteiger partial charge is 0.463 e. The summed E-state index contributed by atoms with van der Waals surface area (Å²) in [5, 5.41) is 12.9. The zero-order chi connectivity index (χ0) is 28.5. The first-order chi connectivity index (χ1) is 19.9. The van der Waals surface area contributed by atoms with Crippen molar-refractivity contribution in [3.63, 3.8) is 0 Å². The molecule has 1 unspecified atom stereocenters. The fraction of sp³-hybridized carbons (Fsp3) is 0.710. The molecule has 3 aliphatic carbocycles. The van der Waals surface area contributed by atoms with Crippen LogP contribution in [0.15, 0.2) is 4.99 Å². The Kier molecular flexibility index (Phi) is 8.05. The number of fused-ring (bicyclic) bond motifs is 2. The monoisotopic (exact) mass is 560 g/mol. The number of aromatic nitrogens is 4. The average molecular weight is 561 g/mol. The maximum Gasteiger partial charge on any atom is 0.433 e. The van der Waals surface area contributed by atoms with E-state index in [0.717, 1.165) is 56.7 Å². The van der Waals surface area contributed by atoms with Crippen molar-refractivity contribution in [1.29, 1.82) is 0 Å². The molecular weight excluding hydrogens is 516 g/mol. The minimum atomic E-state index is -1.37. The molecule has 2 aromatic heterocycles. The number of carbonyl (C=O) groups is 1. The van der Waals surface area contributed by atoms with Crippen LogP contribution in [-0.4, -0.2) is 55.2 Å². The van der Waals surface area contributed by atoms with Gasteiger partial charge in [-0.3, -0.25) is 0 Å². The van der Waals surface area contributed by atoms with E-state index in [-0.39, 0.29) is 17.7 Å². The average Bonchev–Trinajstić information content (AvgIpc) is 3.30. The molecule has 1 saturated heterocycles. The molecule has 4 fully saturated rings. The van der Waals surface area contributed by atoms with Crippen LogP contribution in [0.5, 0.6) is 0 Å². The molecule has 3 atom stereocenters. The van der Waals surface area contributed by atoms with E-state index in [1.807, 2.05) is 0 Å². The van der Waals surface area contributed by atoms with Gasteiger partial charge in [-0.2, -0.15) is 9.98 Å². The van der Waals surface area contributed by atoms with Crippen molar-refractivity contribution in [3.05, 3.63) is 5.82 Å². The molecule has 10 heteroatoms. The van der Waals surface area contributed by atoms with E-state index >= 15 is 0 Å². The molecule has 4 N–H and O–H groups in total. The number of terminal acetylenes is 1. The molecule has 0 bridgehead atoms. The van der Waals surface area contributed by atoms with Crippen molar-refractivity contribution in [2.24, 2.45) is 34.4 Å². The molecule has 1 aliphatic heterocycles. The fourth-order valence-electron chi connectivity index (χ4n) is 7.70. The number of amidine groups is 1. The Hall–Kier alpha value is -3.35. The molecule has 0 radical (unpaired) electrons. The highest BCUT2D eigenvalue weighted by molar-refractivity contribution is 6.01. The molecule has 0 spiro atoms. The first-order valence-electron chi connectivity index (χ1n) is 15.8. The van der Waals surface area contributed by atoms with Crippen molar-refractivity contribution in [2.75, 3.05) is 16.8 Å². The smallest absolute Gasteiger partial charge is 0.433 e. The van der Waals surface area contributed by atoms with Gasteiger partial charge in [-0.25, -0.2) is 14.8 Å². The number of anilines is 2. The van der Waals surface area contributed by atoms with Crippen molar-refractivity contribution in [2.45, 2.75) is 109 Å². The molecule has 3 saturated carbocycles. The third-order valence-electron chi connectivity index (χ3n) is 10.3. The highest BCUT2D eigenvalue weighted by atomic mass is 16.4. The van der Waals surface area contributed by atoms with E-state index in [1.54, 1.807) is 0 Å². The standard InChI is InChI=1S/C31H44N8O2/c1-3-20-13-15-21(16-14-20)18-39-25-27(33-19(2)22-9-6-10-22)35-29(26(32)34-31(40)41)36-28(25)37-30(39)38-17-7-11-23-8-4-5-12-24(23)38/h1,19-24H,4-18H2,2H3,(H2,32,34)(H,40,41)(H,33,35,36)/t19-,20?,21?,23?,24-/m1/s1. The molecule has 0 aromatic carbocycles. The van der Waals surface area contributed by atoms with E-state index in [9.17, 15) is 9.90 Å². The van der Waals surface area contributed by atoms with Crippen molar-refractivity contribution < 1.29 is 9.90 Å². The Balaban J connectivity index is 1.46. The summed E-state index contributed by atoms with van der Waals surface area (Å²) >= 11 is 0. The number of nitrogens with one attached hydrogen (secondary N) is 1. The van der Waals surface area contributed by atoms with Crippen molar-refractivity contribution >= 4 is 34.9 Å². The normalized spacial score (nSPS) is 28.0. The number of piperidine rings is 1. The summed E-state index contributed by atoms with van der Waals surface area (Å²) in [7, 11) is 0. The second-order valence-electron chi connectivity index (χ2n) is 12.8. The van der Waals surface area contributed by atoms with Crippen LogP contribution in [0.4, 0.5) is 16.6 Å². The second-order valence-corrected chi connectivity index (χ2v) is 12.8. The summed E-state index contributed by atoms with van der Waals surface area (Å²) in [6.07, 6.45) is 19.8. The Labute approximate surface area is 242 Å². The summed E-state index contributed by atoms with van der Waals surface area (Å²) in [6, 6.07) is 0.699. The van der Waals surface area contributed by atoms with Crippen molar-refractivity contribution in [1.82, 2.24) is 19.5 Å². The third kappa shape index (κ3) is 5.73. The number of nitrogens with zero attached hydrogens (tertiary/aromatic N) is 6. The Morgan fingerprint density at radius 1 is 1.07 bits per heavy atom. The minimum absolute atomic E-state index is 0.100. The summed E-state index contributed by atoms with van der Waals surface area (Å²) in [5.74, 6) is 6.64. The summed E-state index contributed by atoms with van der Waals surface area (Å²) in [4.78, 5) is 32.1. The molecule has 4 aliphatic rings. The molecule has 3 heterocycles. The molecule has 6 rings (SSSR count). The van der Waals surface area contributed by atoms with Gasteiger partial charge in [0.05, 0.1) is 0 Å². The third-order valence-corrected chi connectivity index (χ3v) is 10.3. The number of hydrogen-bond acceptors (Lipinski definition) is 6. The first-order valence-corrected chi connectivity index (χ1v) is 15.8. The van der Waals surface area contributed by atoms with Gasteiger partial charge < -0.3 is 25.6 Å². The van der Waals surface area contributed by atoms with Crippen LogP contribution in [-0.2, 0) is 6.54 Å². The minimum Gasteiger partial charge on any atom is -0.463 e. The zero-order valence-corrected chi connectivity index (χ0v) is 24.3.